The van der Waals surface area contributed by atoms with Gasteiger partial charge in [-0.1, -0.05) is 72.9 Å². The zero-order chi connectivity index (χ0) is 18.0. The zero-order valence-electron chi connectivity index (χ0n) is 15.4. The van der Waals surface area contributed by atoms with Crippen molar-refractivity contribution >= 4 is 6.79 Å². The van der Waals surface area contributed by atoms with Gasteiger partial charge in [0.2, 0.25) is 0 Å². The number of allylic oxidation sites excluding steroid dienone is 8. The van der Waals surface area contributed by atoms with Crippen LogP contribution in [0.1, 0.15) is 53.4 Å². The van der Waals surface area contributed by atoms with Crippen molar-refractivity contribution in [1.82, 2.24) is 0 Å². The molecule has 0 heterocycles. The van der Waals surface area contributed by atoms with Gasteiger partial charge in [0.25, 0.3) is 0 Å². The van der Waals surface area contributed by atoms with E-state index in [0.29, 0.717) is 0 Å². The Bertz CT molecular complexity index is 354. The molecule has 0 saturated heterocycles. The Hall–Kier alpha value is -1.27. The molecule has 23 heavy (non-hydrogen) atoms. The normalized spacial score (nSPS) is 7.65. The molecule has 0 aromatic carbocycles. The molecule has 2 heteroatoms. The summed E-state index contributed by atoms with van der Waals surface area (Å²) in [6.07, 6.45) is 12.3. The second-order valence-electron chi connectivity index (χ2n) is 5.37. The fourth-order valence-electron chi connectivity index (χ4n) is 1.30. The first-order chi connectivity index (χ1) is 10.3. The molecule has 0 aromatic rings. The minimum Gasteiger partial charge on any atom is -0.307 e. The molecule has 0 radical (unpaired) electrons. The minimum absolute atomic E-state index is 0. The minimum atomic E-state index is 0. The van der Waals surface area contributed by atoms with Crippen LogP contribution in [0.3, 0.4) is 0 Å². The Morgan fingerprint density at radius 3 is 1.17 bits per heavy atom. The van der Waals surface area contributed by atoms with Gasteiger partial charge < -0.3 is 4.79 Å². The third kappa shape index (κ3) is 33.5. The number of carbonyl (C=O) groups is 1. The third-order valence-electron chi connectivity index (χ3n) is 2.61. The van der Waals surface area contributed by atoms with E-state index >= 15 is 0 Å². The zero-order valence-corrected chi connectivity index (χ0v) is 17.2. The van der Waals surface area contributed by atoms with E-state index < -0.39 is 0 Å². The van der Waals surface area contributed by atoms with Crippen molar-refractivity contribution in [2.24, 2.45) is 0 Å². The molecule has 132 valence electrons. The van der Waals surface area contributed by atoms with E-state index in [-0.39, 0.29) is 19.5 Å². The number of carbonyl (C=O) groups excluding carboxylic acids is 1. The van der Waals surface area contributed by atoms with Crippen LogP contribution in [0.2, 0.25) is 0 Å². The maximum Gasteiger partial charge on any atom is 0.106 e. The average Bonchev–Trinajstić information content (AvgIpc) is 2.48. The molecule has 0 fully saturated rings. The largest absolute Gasteiger partial charge is 0.307 e. The summed E-state index contributed by atoms with van der Waals surface area (Å²) >= 11 is 0. The topological polar surface area (TPSA) is 17.1 Å². The van der Waals surface area contributed by atoms with Crippen molar-refractivity contribution in [2.75, 3.05) is 0 Å². The van der Waals surface area contributed by atoms with Crippen LogP contribution in [-0.4, -0.2) is 6.79 Å². The van der Waals surface area contributed by atoms with E-state index in [0.717, 1.165) is 36.8 Å². The molecule has 0 amide bonds. The first kappa shape index (κ1) is 29.7. The first-order valence-corrected chi connectivity index (χ1v) is 7.49. The van der Waals surface area contributed by atoms with Gasteiger partial charge >= 0.3 is 0 Å². The summed E-state index contributed by atoms with van der Waals surface area (Å²) in [5, 5.41) is 0. The molecule has 0 bridgehead atoms. The predicted molar refractivity (Wildman–Crippen MR) is 103 cm³/mol. The van der Waals surface area contributed by atoms with Gasteiger partial charge in [-0.15, -0.1) is 0 Å². The standard InChI is InChI=1S/2C10H16.CH2O.Ru/c2*1-5-10(4)8-6-7-9(2)3;1-2;/h2*5,7H,1,4,6,8H2,2-3H3;1H2;. The summed E-state index contributed by atoms with van der Waals surface area (Å²) in [5.41, 5.74) is 4.99. The van der Waals surface area contributed by atoms with E-state index in [1.807, 2.05) is 18.9 Å². The van der Waals surface area contributed by atoms with E-state index in [9.17, 15) is 0 Å². The summed E-state index contributed by atoms with van der Waals surface area (Å²) in [4.78, 5) is 8.00. The Labute approximate surface area is 157 Å². The summed E-state index contributed by atoms with van der Waals surface area (Å²) in [5.74, 6) is 0. The van der Waals surface area contributed by atoms with Crippen LogP contribution in [0, 0.1) is 0 Å². The Morgan fingerprint density at radius 1 is 0.739 bits per heavy atom. The van der Waals surface area contributed by atoms with Gasteiger partial charge in [-0.25, -0.2) is 0 Å². The fourth-order valence-corrected chi connectivity index (χ4v) is 1.30. The predicted octanol–water partition coefficient (Wildman–Crippen LogP) is 6.76. The second-order valence-corrected chi connectivity index (χ2v) is 5.37. The molecule has 0 aromatic heterocycles. The van der Waals surface area contributed by atoms with Crippen LogP contribution in [0.5, 0.6) is 0 Å². The van der Waals surface area contributed by atoms with Gasteiger partial charge in [0.05, 0.1) is 0 Å². The first-order valence-electron chi connectivity index (χ1n) is 7.49. The van der Waals surface area contributed by atoms with E-state index in [1.54, 1.807) is 0 Å². The van der Waals surface area contributed by atoms with Crippen LogP contribution < -0.4 is 0 Å². The van der Waals surface area contributed by atoms with Crippen molar-refractivity contribution in [1.29, 1.82) is 0 Å². The van der Waals surface area contributed by atoms with Gasteiger partial charge in [0, 0.05) is 19.5 Å². The number of rotatable bonds is 8. The number of hydrogen-bond donors (Lipinski definition) is 0. The number of hydrogen-bond acceptors (Lipinski definition) is 1. The maximum absolute atomic E-state index is 8.00. The Morgan fingerprint density at radius 2 is 1.00 bits per heavy atom. The second kappa shape index (κ2) is 23.0. The van der Waals surface area contributed by atoms with Crippen LogP contribution in [0.15, 0.2) is 72.9 Å². The molecular formula is C21H34ORu. The van der Waals surface area contributed by atoms with Crippen molar-refractivity contribution in [2.45, 2.75) is 53.4 Å². The molecule has 0 spiro atoms. The summed E-state index contributed by atoms with van der Waals surface area (Å²) in [6, 6.07) is 0. The SMILES string of the molecule is C=CC(=C)CCC=C(C)C.C=CC(=C)CCC=C(C)C.C=O.[Ru]. The van der Waals surface area contributed by atoms with Crippen molar-refractivity contribution < 1.29 is 24.3 Å². The average molecular weight is 404 g/mol. The fraction of sp³-hybridized carbons (Fsp3) is 0.381. The molecular weight excluding hydrogens is 369 g/mol. The summed E-state index contributed by atoms with van der Waals surface area (Å²) in [7, 11) is 0. The van der Waals surface area contributed by atoms with Gasteiger partial charge in [0.1, 0.15) is 6.79 Å². The Balaban J connectivity index is -0.000000136. The van der Waals surface area contributed by atoms with Crippen molar-refractivity contribution in [3.63, 3.8) is 0 Å². The molecule has 0 aliphatic carbocycles. The Kier molecular flexibility index (Phi) is 29.7. The van der Waals surface area contributed by atoms with Gasteiger partial charge in [0.15, 0.2) is 0 Å². The quantitative estimate of drug-likeness (QED) is 0.248. The molecule has 0 aliphatic rings. The van der Waals surface area contributed by atoms with Crippen molar-refractivity contribution in [3.05, 3.63) is 72.9 Å². The van der Waals surface area contributed by atoms with Gasteiger partial charge in [-0.05, 0) is 53.4 Å². The summed E-state index contributed by atoms with van der Waals surface area (Å²) in [6.45, 7) is 25.4. The molecule has 0 atom stereocenters. The van der Waals surface area contributed by atoms with Crippen LogP contribution in [0.4, 0.5) is 0 Å². The maximum atomic E-state index is 8.00. The summed E-state index contributed by atoms with van der Waals surface area (Å²) < 4.78 is 0. The van der Waals surface area contributed by atoms with E-state index in [2.05, 4.69) is 66.2 Å². The van der Waals surface area contributed by atoms with Crippen LogP contribution in [-0.2, 0) is 24.3 Å². The van der Waals surface area contributed by atoms with Gasteiger partial charge in [-0.2, -0.15) is 0 Å². The molecule has 0 saturated carbocycles. The van der Waals surface area contributed by atoms with Crippen molar-refractivity contribution in [3.8, 4) is 0 Å². The molecule has 0 N–H and O–H groups in total. The van der Waals surface area contributed by atoms with Crippen LogP contribution >= 0.6 is 0 Å². The molecule has 1 nitrogen and oxygen atoms in total. The monoisotopic (exact) mass is 404 g/mol. The molecule has 0 unspecified atom stereocenters. The van der Waals surface area contributed by atoms with Crippen LogP contribution in [0.25, 0.3) is 0 Å². The molecule has 0 rings (SSSR count). The van der Waals surface area contributed by atoms with E-state index in [1.165, 1.54) is 11.1 Å². The van der Waals surface area contributed by atoms with Gasteiger partial charge in [-0.3, -0.25) is 0 Å². The molecule has 0 aliphatic heterocycles. The smallest absolute Gasteiger partial charge is 0.106 e. The van der Waals surface area contributed by atoms with E-state index in [4.69, 9.17) is 4.79 Å². The third-order valence-corrected chi connectivity index (χ3v) is 2.61.